The topological polar surface area (TPSA) is 100 Å². The van der Waals surface area contributed by atoms with Crippen molar-refractivity contribution in [2.24, 2.45) is 0 Å². The number of imide groups is 1. The molecule has 0 aliphatic carbocycles. The Morgan fingerprint density at radius 3 is 2.93 bits per heavy atom. The van der Waals surface area contributed by atoms with Crippen LogP contribution in [0.1, 0.15) is 31.7 Å². The SMILES string of the molecule is CCN1CCC[C@H]1CNC(=O)C[C@H]1NC(=O)N(Cc2ccc3c(c2)OCO3)C1=O. The van der Waals surface area contributed by atoms with Crippen molar-refractivity contribution >= 4 is 17.8 Å². The molecule has 1 aromatic rings. The van der Waals surface area contributed by atoms with E-state index in [9.17, 15) is 14.4 Å². The van der Waals surface area contributed by atoms with E-state index >= 15 is 0 Å². The summed E-state index contributed by atoms with van der Waals surface area (Å²) in [5.74, 6) is 0.623. The monoisotopic (exact) mass is 402 g/mol. The molecule has 29 heavy (non-hydrogen) atoms. The van der Waals surface area contributed by atoms with Gasteiger partial charge in [0.1, 0.15) is 6.04 Å². The molecule has 0 radical (unpaired) electrons. The van der Waals surface area contributed by atoms with Gasteiger partial charge in [-0.3, -0.25) is 19.4 Å². The minimum atomic E-state index is -0.831. The van der Waals surface area contributed by atoms with Gasteiger partial charge in [-0.15, -0.1) is 0 Å². The second-order valence-electron chi connectivity index (χ2n) is 7.55. The highest BCUT2D eigenvalue weighted by Gasteiger charge is 2.39. The van der Waals surface area contributed by atoms with Crippen LogP contribution in [0.4, 0.5) is 4.79 Å². The molecular formula is C20H26N4O5. The van der Waals surface area contributed by atoms with Crippen LogP contribution in [0.3, 0.4) is 0 Å². The maximum Gasteiger partial charge on any atom is 0.325 e. The molecule has 3 aliphatic heterocycles. The Hall–Kier alpha value is -2.81. The average Bonchev–Trinajstić information content (AvgIpc) is 3.42. The fraction of sp³-hybridized carbons (Fsp3) is 0.550. The standard InChI is InChI=1S/C20H26N4O5/c1-2-23-7-3-4-14(23)10-21-18(25)9-15-19(26)24(20(27)22-15)11-13-5-6-16-17(8-13)29-12-28-16/h5-6,8,14-15H,2-4,7,9-12H2,1H3,(H,21,25)(H,22,27)/t14-,15+/m0/s1. The third kappa shape index (κ3) is 4.14. The Bertz CT molecular complexity index is 814. The molecule has 2 saturated heterocycles. The summed E-state index contributed by atoms with van der Waals surface area (Å²) in [4.78, 5) is 40.7. The van der Waals surface area contributed by atoms with Crippen molar-refractivity contribution in [1.82, 2.24) is 20.4 Å². The highest BCUT2D eigenvalue weighted by atomic mass is 16.7. The van der Waals surface area contributed by atoms with Gasteiger partial charge in [0, 0.05) is 12.6 Å². The molecule has 2 N–H and O–H groups in total. The molecule has 9 nitrogen and oxygen atoms in total. The Morgan fingerprint density at radius 2 is 2.10 bits per heavy atom. The first-order valence-corrected chi connectivity index (χ1v) is 10.1. The van der Waals surface area contributed by atoms with Gasteiger partial charge < -0.3 is 20.1 Å². The summed E-state index contributed by atoms with van der Waals surface area (Å²) in [6, 6.07) is 4.32. The average molecular weight is 402 g/mol. The van der Waals surface area contributed by atoms with Gasteiger partial charge in [0.05, 0.1) is 13.0 Å². The van der Waals surface area contributed by atoms with Gasteiger partial charge in [-0.05, 0) is 43.6 Å². The largest absolute Gasteiger partial charge is 0.454 e. The number of rotatable bonds is 7. The van der Waals surface area contributed by atoms with Crippen molar-refractivity contribution in [3.8, 4) is 11.5 Å². The maximum atomic E-state index is 12.6. The zero-order valence-corrected chi connectivity index (χ0v) is 16.5. The van der Waals surface area contributed by atoms with E-state index in [1.165, 1.54) is 0 Å². The fourth-order valence-electron chi connectivity index (χ4n) is 4.12. The summed E-state index contributed by atoms with van der Waals surface area (Å²) in [6.45, 7) is 4.99. The highest BCUT2D eigenvalue weighted by Crippen LogP contribution is 2.33. The maximum absolute atomic E-state index is 12.6. The number of hydrogen-bond donors (Lipinski definition) is 2. The number of urea groups is 1. The summed E-state index contributed by atoms with van der Waals surface area (Å²) in [7, 11) is 0. The summed E-state index contributed by atoms with van der Waals surface area (Å²) < 4.78 is 10.6. The lowest BCUT2D eigenvalue weighted by Crippen LogP contribution is -2.42. The molecule has 9 heteroatoms. The van der Waals surface area contributed by atoms with E-state index in [0.29, 0.717) is 24.1 Å². The first-order chi connectivity index (χ1) is 14.0. The van der Waals surface area contributed by atoms with E-state index in [-0.39, 0.29) is 31.6 Å². The number of benzene rings is 1. The number of carbonyl (C=O) groups excluding carboxylic acids is 3. The van der Waals surface area contributed by atoms with E-state index in [1.807, 2.05) is 0 Å². The van der Waals surface area contributed by atoms with Crippen molar-refractivity contribution in [3.05, 3.63) is 23.8 Å². The molecule has 1 aromatic carbocycles. The summed E-state index contributed by atoms with van der Waals surface area (Å²) in [5, 5.41) is 5.53. The van der Waals surface area contributed by atoms with Crippen molar-refractivity contribution in [2.75, 3.05) is 26.4 Å². The van der Waals surface area contributed by atoms with E-state index in [0.717, 1.165) is 36.4 Å². The smallest absolute Gasteiger partial charge is 0.325 e. The molecule has 0 aromatic heterocycles. The van der Waals surface area contributed by atoms with E-state index in [1.54, 1.807) is 18.2 Å². The molecular weight excluding hydrogens is 376 g/mol. The predicted molar refractivity (Wildman–Crippen MR) is 103 cm³/mol. The van der Waals surface area contributed by atoms with Crippen LogP contribution in [0.25, 0.3) is 0 Å². The predicted octanol–water partition coefficient (Wildman–Crippen LogP) is 0.826. The number of likely N-dealkylation sites (tertiary alicyclic amines) is 1. The van der Waals surface area contributed by atoms with Gasteiger partial charge in [-0.2, -0.15) is 0 Å². The number of hydrogen-bond acceptors (Lipinski definition) is 6. The minimum absolute atomic E-state index is 0.0545. The number of ether oxygens (including phenoxy) is 2. The van der Waals surface area contributed by atoms with Gasteiger partial charge in [-0.1, -0.05) is 13.0 Å². The lowest BCUT2D eigenvalue weighted by molar-refractivity contribution is -0.131. The van der Waals surface area contributed by atoms with Crippen LogP contribution >= 0.6 is 0 Å². The first kappa shape index (κ1) is 19.5. The van der Waals surface area contributed by atoms with Crippen LogP contribution in [0.5, 0.6) is 11.5 Å². The number of nitrogens with zero attached hydrogens (tertiary/aromatic N) is 2. The number of amides is 4. The molecule has 3 aliphatic rings. The number of carbonyl (C=O) groups is 3. The van der Waals surface area contributed by atoms with Crippen molar-refractivity contribution < 1.29 is 23.9 Å². The van der Waals surface area contributed by atoms with Gasteiger partial charge in [0.2, 0.25) is 12.7 Å². The molecule has 4 amide bonds. The zero-order chi connectivity index (χ0) is 20.4. The van der Waals surface area contributed by atoms with Crippen LogP contribution in [0, 0.1) is 0 Å². The van der Waals surface area contributed by atoms with Crippen LogP contribution in [0.2, 0.25) is 0 Å². The zero-order valence-electron chi connectivity index (χ0n) is 16.5. The van der Waals surface area contributed by atoms with E-state index in [4.69, 9.17) is 9.47 Å². The lowest BCUT2D eigenvalue weighted by atomic mass is 10.1. The lowest BCUT2D eigenvalue weighted by Gasteiger charge is -2.23. The molecule has 156 valence electrons. The van der Waals surface area contributed by atoms with Gasteiger partial charge in [-0.25, -0.2) is 4.79 Å². The molecule has 0 unspecified atom stereocenters. The quantitative estimate of drug-likeness (QED) is 0.656. The van der Waals surface area contributed by atoms with Crippen molar-refractivity contribution in [3.63, 3.8) is 0 Å². The van der Waals surface area contributed by atoms with E-state index in [2.05, 4.69) is 22.5 Å². The van der Waals surface area contributed by atoms with Gasteiger partial charge in [0.25, 0.3) is 5.91 Å². The van der Waals surface area contributed by atoms with Crippen LogP contribution in [-0.4, -0.2) is 66.2 Å². The first-order valence-electron chi connectivity index (χ1n) is 10.1. The molecule has 0 bridgehead atoms. The van der Waals surface area contributed by atoms with Gasteiger partial charge >= 0.3 is 6.03 Å². The Morgan fingerprint density at radius 1 is 1.28 bits per heavy atom. The number of fused-ring (bicyclic) bond motifs is 1. The molecule has 2 atom stereocenters. The third-order valence-electron chi connectivity index (χ3n) is 5.71. The molecule has 2 fully saturated rings. The molecule has 0 saturated carbocycles. The Labute approximate surface area is 169 Å². The fourth-order valence-corrected chi connectivity index (χ4v) is 4.12. The second kappa shape index (κ2) is 8.28. The number of nitrogens with one attached hydrogen (secondary N) is 2. The van der Waals surface area contributed by atoms with Crippen LogP contribution < -0.4 is 20.1 Å². The second-order valence-corrected chi connectivity index (χ2v) is 7.55. The summed E-state index contributed by atoms with van der Waals surface area (Å²) >= 11 is 0. The third-order valence-corrected chi connectivity index (χ3v) is 5.71. The summed E-state index contributed by atoms with van der Waals surface area (Å²) in [5.41, 5.74) is 0.753. The number of likely N-dealkylation sites (N-methyl/N-ethyl adjacent to an activating group) is 1. The highest BCUT2D eigenvalue weighted by molar-refractivity contribution is 6.05. The van der Waals surface area contributed by atoms with Gasteiger partial charge in [0.15, 0.2) is 11.5 Å². The molecule has 4 rings (SSSR count). The minimum Gasteiger partial charge on any atom is -0.454 e. The van der Waals surface area contributed by atoms with Crippen LogP contribution in [-0.2, 0) is 16.1 Å². The van der Waals surface area contributed by atoms with Crippen molar-refractivity contribution in [2.45, 2.75) is 44.8 Å². The van der Waals surface area contributed by atoms with Crippen molar-refractivity contribution in [1.29, 1.82) is 0 Å². The van der Waals surface area contributed by atoms with Crippen LogP contribution in [0.15, 0.2) is 18.2 Å². The Balaban J connectivity index is 1.30. The Kier molecular flexibility index (Phi) is 5.57. The molecule has 3 heterocycles. The van der Waals surface area contributed by atoms with E-state index < -0.39 is 12.1 Å². The summed E-state index contributed by atoms with van der Waals surface area (Å²) in [6.07, 6.45) is 2.15. The normalized spacial score (nSPS) is 23.6. The molecule has 0 spiro atoms.